The summed E-state index contributed by atoms with van der Waals surface area (Å²) < 4.78 is 1.84. The number of hydrogen-bond donors (Lipinski definition) is 2. The van der Waals surface area contributed by atoms with Gasteiger partial charge in [-0.25, -0.2) is 4.98 Å². The van der Waals surface area contributed by atoms with Gasteiger partial charge in [0, 0.05) is 19.7 Å². The van der Waals surface area contributed by atoms with E-state index in [1.54, 1.807) is 12.5 Å². The highest BCUT2D eigenvalue weighted by molar-refractivity contribution is 5.86. The van der Waals surface area contributed by atoms with Crippen molar-refractivity contribution in [2.75, 3.05) is 0 Å². The van der Waals surface area contributed by atoms with E-state index in [9.17, 15) is 9.59 Å². The first kappa shape index (κ1) is 13.8. The Kier molecular flexibility index (Phi) is 4.14. The van der Waals surface area contributed by atoms with Crippen LogP contribution in [0.2, 0.25) is 0 Å². The lowest BCUT2D eigenvalue weighted by molar-refractivity contribution is -0.126. The molecule has 1 unspecified atom stereocenters. The normalized spacial score (nSPS) is 11.8. The van der Waals surface area contributed by atoms with Crippen LogP contribution in [-0.2, 0) is 16.1 Å². The van der Waals surface area contributed by atoms with Gasteiger partial charge in [0.25, 0.3) is 0 Å². The first-order chi connectivity index (χ1) is 9.56. The maximum atomic E-state index is 11.4. The molecule has 6 nitrogen and oxygen atoms in total. The molecule has 0 radical (unpaired) electrons. The van der Waals surface area contributed by atoms with Crippen molar-refractivity contribution in [1.82, 2.24) is 14.9 Å². The summed E-state index contributed by atoms with van der Waals surface area (Å²) in [5.74, 6) is -0.962. The van der Waals surface area contributed by atoms with Crippen LogP contribution < -0.4 is 11.1 Å². The number of carbonyl (C=O) groups is 2. The summed E-state index contributed by atoms with van der Waals surface area (Å²) in [6.45, 7) is 1.97. The zero-order valence-electron chi connectivity index (χ0n) is 11.1. The van der Waals surface area contributed by atoms with Gasteiger partial charge in [-0.3, -0.25) is 9.59 Å². The highest BCUT2D eigenvalue weighted by Gasteiger charge is 2.21. The van der Waals surface area contributed by atoms with Crippen LogP contribution in [0.5, 0.6) is 0 Å². The number of rotatable bonds is 5. The van der Waals surface area contributed by atoms with E-state index in [4.69, 9.17) is 5.73 Å². The summed E-state index contributed by atoms with van der Waals surface area (Å²) in [5.41, 5.74) is 6.83. The molecule has 0 saturated carbocycles. The lowest BCUT2D eigenvalue weighted by Gasteiger charge is -2.11. The monoisotopic (exact) mass is 272 g/mol. The third-order valence-corrected chi connectivity index (χ3v) is 2.79. The fourth-order valence-electron chi connectivity index (χ4n) is 1.90. The molecule has 0 aliphatic heterocycles. The van der Waals surface area contributed by atoms with Crippen LogP contribution in [0.1, 0.15) is 24.2 Å². The Bertz CT molecular complexity index is 607. The first-order valence-corrected chi connectivity index (χ1v) is 6.18. The molecule has 2 rings (SSSR count). The number of aromatic nitrogens is 2. The summed E-state index contributed by atoms with van der Waals surface area (Å²) in [4.78, 5) is 26.6. The van der Waals surface area contributed by atoms with Crippen molar-refractivity contribution in [3.63, 3.8) is 0 Å². The van der Waals surface area contributed by atoms with Crippen molar-refractivity contribution >= 4 is 11.8 Å². The second-order valence-electron chi connectivity index (χ2n) is 4.49. The van der Waals surface area contributed by atoms with E-state index in [0.717, 1.165) is 5.56 Å². The second-order valence-corrected chi connectivity index (χ2v) is 4.49. The van der Waals surface area contributed by atoms with Crippen LogP contribution in [0.3, 0.4) is 0 Å². The number of hydrogen-bond acceptors (Lipinski definition) is 3. The molecule has 0 aliphatic rings. The molecule has 6 heteroatoms. The second kappa shape index (κ2) is 6.01. The maximum Gasteiger partial charge on any atom is 0.246 e. The van der Waals surface area contributed by atoms with Crippen molar-refractivity contribution in [2.45, 2.75) is 19.5 Å². The molecule has 0 aliphatic carbocycles. The Morgan fingerprint density at radius 3 is 2.65 bits per heavy atom. The number of imidazole rings is 1. The Labute approximate surface area is 116 Å². The SMILES string of the molecule is CC(=O)NC(C(N)=O)c1cn(Cc2ccccc2)cn1. The predicted octanol–water partition coefficient (Wildman–Crippen LogP) is 0.594. The summed E-state index contributed by atoms with van der Waals surface area (Å²) in [7, 11) is 0. The molecule has 1 heterocycles. The molecule has 2 amide bonds. The average Bonchev–Trinajstić information content (AvgIpc) is 2.85. The largest absolute Gasteiger partial charge is 0.368 e. The fraction of sp³-hybridized carbons (Fsp3) is 0.214. The molecule has 20 heavy (non-hydrogen) atoms. The van der Waals surface area contributed by atoms with Crippen LogP contribution in [-0.4, -0.2) is 21.4 Å². The van der Waals surface area contributed by atoms with Gasteiger partial charge in [0.15, 0.2) is 6.04 Å². The van der Waals surface area contributed by atoms with Crippen molar-refractivity contribution in [3.8, 4) is 0 Å². The zero-order chi connectivity index (χ0) is 14.5. The van der Waals surface area contributed by atoms with Gasteiger partial charge in [0.2, 0.25) is 11.8 Å². The van der Waals surface area contributed by atoms with Gasteiger partial charge in [-0.1, -0.05) is 30.3 Å². The van der Waals surface area contributed by atoms with Crippen molar-refractivity contribution in [3.05, 3.63) is 54.1 Å². The summed E-state index contributed by atoms with van der Waals surface area (Å²) in [6.07, 6.45) is 3.32. The molecule has 0 bridgehead atoms. The Balaban J connectivity index is 2.14. The van der Waals surface area contributed by atoms with Gasteiger partial charge in [-0.05, 0) is 5.56 Å². The Hall–Kier alpha value is -2.63. The van der Waals surface area contributed by atoms with E-state index >= 15 is 0 Å². The van der Waals surface area contributed by atoms with E-state index in [1.807, 2.05) is 34.9 Å². The van der Waals surface area contributed by atoms with Crippen molar-refractivity contribution < 1.29 is 9.59 Å². The molecule has 0 saturated heterocycles. The van der Waals surface area contributed by atoms with E-state index in [1.165, 1.54) is 6.92 Å². The molecule has 1 atom stereocenters. The van der Waals surface area contributed by atoms with Crippen LogP contribution in [0.15, 0.2) is 42.9 Å². The summed E-state index contributed by atoms with van der Waals surface area (Å²) in [6, 6.07) is 8.96. The first-order valence-electron chi connectivity index (χ1n) is 6.18. The minimum atomic E-state index is -0.899. The summed E-state index contributed by atoms with van der Waals surface area (Å²) in [5, 5.41) is 2.48. The molecule has 2 aromatic rings. The number of nitrogens with zero attached hydrogens (tertiary/aromatic N) is 2. The lowest BCUT2D eigenvalue weighted by atomic mass is 10.2. The van der Waals surface area contributed by atoms with Crippen LogP contribution in [0.4, 0.5) is 0 Å². The average molecular weight is 272 g/mol. The molecular weight excluding hydrogens is 256 g/mol. The third-order valence-electron chi connectivity index (χ3n) is 2.79. The fourth-order valence-corrected chi connectivity index (χ4v) is 1.90. The lowest BCUT2D eigenvalue weighted by Crippen LogP contribution is -2.36. The number of amides is 2. The number of nitrogens with two attached hydrogens (primary N) is 1. The standard InChI is InChI=1S/C14H16N4O2/c1-10(19)17-13(14(15)20)12-8-18(9-16-12)7-11-5-3-2-4-6-11/h2-6,8-9,13H,7H2,1H3,(H2,15,20)(H,17,19). The third kappa shape index (κ3) is 3.44. The van der Waals surface area contributed by atoms with Crippen LogP contribution in [0, 0.1) is 0 Å². The Morgan fingerprint density at radius 2 is 2.05 bits per heavy atom. The summed E-state index contributed by atoms with van der Waals surface area (Å²) >= 11 is 0. The van der Waals surface area contributed by atoms with E-state index in [2.05, 4.69) is 10.3 Å². The molecule has 1 aromatic carbocycles. The van der Waals surface area contributed by atoms with E-state index in [0.29, 0.717) is 12.2 Å². The minimum absolute atomic E-state index is 0.327. The number of carbonyl (C=O) groups excluding carboxylic acids is 2. The van der Waals surface area contributed by atoms with Gasteiger partial charge in [-0.2, -0.15) is 0 Å². The van der Waals surface area contributed by atoms with Crippen LogP contribution >= 0.6 is 0 Å². The van der Waals surface area contributed by atoms with Gasteiger partial charge >= 0.3 is 0 Å². The molecular formula is C14H16N4O2. The smallest absolute Gasteiger partial charge is 0.246 e. The highest BCUT2D eigenvalue weighted by atomic mass is 16.2. The molecule has 0 spiro atoms. The number of benzene rings is 1. The van der Waals surface area contributed by atoms with E-state index in [-0.39, 0.29) is 5.91 Å². The number of nitrogens with one attached hydrogen (secondary N) is 1. The van der Waals surface area contributed by atoms with Gasteiger partial charge in [0.1, 0.15) is 0 Å². The van der Waals surface area contributed by atoms with Gasteiger partial charge < -0.3 is 15.6 Å². The molecule has 104 valence electrons. The Morgan fingerprint density at radius 1 is 1.35 bits per heavy atom. The highest BCUT2D eigenvalue weighted by Crippen LogP contribution is 2.11. The topological polar surface area (TPSA) is 90.0 Å². The predicted molar refractivity (Wildman–Crippen MR) is 73.5 cm³/mol. The van der Waals surface area contributed by atoms with Gasteiger partial charge in [-0.15, -0.1) is 0 Å². The molecule has 1 aromatic heterocycles. The molecule has 3 N–H and O–H groups in total. The molecule has 0 fully saturated rings. The number of primary amides is 1. The van der Waals surface area contributed by atoms with Gasteiger partial charge in [0.05, 0.1) is 12.0 Å². The van der Waals surface area contributed by atoms with E-state index < -0.39 is 11.9 Å². The van der Waals surface area contributed by atoms with Crippen molar-refractivity contribution in [2.24, 2.45) is 5.73 Å². The van der Waals surface area contributed by atoms with Crippen LogP contribution in [0.25, 0.3) is 0 Å². The minimum Gasteiger partial charge on any atom is -0.368 e. The maximum absolute atomic E-state index is 11.4. The zero-order valence-corrected chi connectivity index (χ0v) is 11.1. The van der Waals surface area contributed by atoms with Crippen molar-refractivity contribution in [1.29, 1.82) is 0 Å². The quantitative estimate of drug-likeness (QED) is 0.835.